The van der Waals surface area contributed by atoms with Gasteiger partial charge < -0.3 is 0 Å². The van der Waals surface area contributed by atoms with Gasteiger partial charge in [-0.25, -0.2) is 0 Å². The van der Waals surface area contributed by atoms with Crippen molar-refractivity contribution >= 4 is 40.8 Å². The molecule has 0 spiro atoms. The van der Waals surface area contributed by atoms with Crippen LogP contribution in [0.25, 0.3) is 5.57 Å². The Kier molecular flexibility index (Phi) is 4.88. The Hall–Kier alpha value is -2.30. The van der Waals surface area contributed by atoms with Crippen LogP contribution in [0.5, 0.6) is 0 Å². The second-order valence-corrected chi connectivity index (χ2v) is 6.66. The van der Waals surface area contributed by atoms with Crippen LogP contribution in [0.4, 0.5) is 0 Å². The van der Waals surface area contributed by atoms with Gasteiger partial charge >= 0.3 is 0 Å². The average Bonchev–Trinajstić information content (AvgIpc) is 2.82. The van der Waals surface area contributed by atoms with E-state index in [1.165, 1.54) is 16.7 Å². The fourth-order valence-corrected chi connectivity index (χ4v) is 3.58. The Morgan fingerprint density at radius 2 is 1.67 bits per heavy atom. The normalized spacial score (nSPS) is 14.5. The number of imide groups is 1. The molecule has 0 aliphatic carbocycles. The van der Waals surface area contributed by atoms with E-state index in [1.54, 1.807) is 30.3 Å². The first-order valence-electron chi connectivity index (χ1n) is 7.32. The lowest BCUT2D eigenvalue weighted by atomic mass is 10.1. The molecule has 2 aromatic rings. The van der Waals surface area contributed by atoms with Gasteiger partial charge in [-0.1, -0.05) is 59.8 Å². The van der Waals surface area contributed by atoms with Crippen LogP contribution in [0.2, 0.25) is 5.02 Å². The van der Waals surface area contributed by atoms with Crippen LogP contribution in [0.15, 0.2) is 77.1 Å². The van der Waals surface area contributed by atoms with Gasteiger partial charge in [0.1, 0.15) is 0 Å². The third kappa shape index (κ3) is 3.16. The zero-order chi connectivity index (χ0) is 17.1. The van der Waals surface area contributed by atoms with Gasteiger partial charge in [-0.15, -0.1) is 6.58 Å². The molecule has 0 saturated heterocycles. The van der Waals surface area contributed by atoms with Gasteiger partial charge in [-0.3, -0.25) is 14.5 Å². The highest BCUT2D eigenvalue weighted by Gasteiger charge is 2.38. The van der Waals surface area contributed by atoms with Crippen LogP contribution in [0, 0.1) is 0 Å². The lowest BCUT2D eigenvalue weighted by Gasteiger charge is -2.11. The van der Waals surface area contributed by atoms with E-state index in [4.69, 9.17) is 11.6 Å². The van der Waals surface area contributed by atoms with Crippen LogP contribution in [0.1, 0.15) is 5.56 Å². The number of amides is 2. The van der Waals surface area contributed by atoms with Crippen molar-refractivity contribution in [2.75, 3.05) is 6.54 Å². The van der Waals surface area contributed by atoms with E-state index < -0.39 is 0 Å². The second-order valence-electron chi connectivity index (χ2n) is 5.14. The predicted molar refractivity (Wildman–Crippen MR) is 97.6 cm³/mol. The van der Waals surface area contributed by atoms with Crippen molar-refractivity contribution in [2.45, 2.75) is 4.90 Å². The highest BCUT2D eigenvalue weighted by molar-refractivity contribution is 8.04. The van der Waals surface area contributed by atoms with E-state index in [0.29, 0.717) is 21.1 Å². The maximum absolute atomic E-state index is 12.7. The first-order valence-corrected chi connectivity index (χ1v) is 8.51. The number of nitrogens with zero attached hydrogens (tertiary/aromatic N) is 1. The van der Waals surface area contributed by atoms with E-state index >= 15 is 0 Å². The molecule has 0 saturated carbocycles. The van der Waals surface area contributed by atoms with Gasteiger partial charge in [-0.05, 0) is 29.8 Å². The second kappa shape index (κ2) is 7.07. The van der Waals surface area contributed by atoms with Crippen LogP contribution in [0.3, 0.4) is 0 Å². The summed E-state index contributed by atoms with van der Waals surface area (Å²) in [6, 6.07) is 16.4. The van der Waals surface area contributed by atoms with Crippen LogP contribution in [-0.2, 0) is 9.59 Å². The van der Waals surface area contributed by atoms with E-state index in [0.717, 1.165) is 4.90 Å². The maximum atomic E-state index is 12.7. The summed E-state index contributed by atoms with van der Waals surface area (Å²) >= 11 is 7.23. The number of rotatable bonds is 5. The third-order valence-electron chi connectivity index (χ3n) is 3.53. The molecule has 5 heteroatoms. The molecule has 0 aromatic heterocycles. The Morgan fingerprint density at radius 1 is 1.00 bits per heavy atom. The summed E-state index contributed by atoms with van der Waals surface area (Å²) in [5, 5.41) is 0.580. The van der Waals surface area contributed by atoms with Crippen molar-refractivity contribution < 1.29 is 9.59 Å². The molecule has 0 atom stereocenters. The molecule has 24 heavy (non-hydrogen) atoms. The zero-order valence-electron chi connectivity index (χ0n) is 12.7. The van der Waals surface area contributed by atoms with E-state index in [2.05, 4.69) is 6.58 Å². The number of carbonyl (C=O) groups is 2. The van der Waals surface area contributed by atoms with Gasteiger partial charge in [-0.2, -0.15) is 0 Å². The van der Waals surface area contributed by atoms with Gasteiger partial charge in [0.2, 0.25) is 0 Å². The number of hydrogen-bond acceptors (Lipinski definition) is 3. The molecule has 1 aliphatic rings. The summed E-state index contributed by atoms with van der Waals surface area (Å²) in [4.78, 5) is 28.0. The monoisotopic (exact) mass is 355 g/mol. The van der Waals surface area contributed by atoms with Crippen molar-refractivity contribution in [1.29, 1.82) is 0 Å². The van der Waals surface area contributed by atoms with Gasteiger partial charge in [0.25, 0.3) is 11.8 Å². The first-order chi connectivity index (χ1) is 11.6. The first kappa shape index (κ1) is 16.6. The quantitative estimate of drug-likeness (QED) is 0.589. The third-order valence-corrected chi connectivity index (χ3v) is 4.88. The molecule has 0 unspecified atom stereocenters. The van der Waals surface area contributed by atoms with Crippen LogP contribution in [-0.4, -0.2) is 23.3 Å². The molecule has 2 amide bonds. The number of carbonyl (C=O) groups excluding carboxylic acids is 2. The number of thioether (sulfide) groups is 1. The highest BCUT2D eigenvalue weighted by atomic mass is 35.5. The molecule has 0 radical (unpaired) electrons. The molecule has 120 valence electrons. The maximum Gasteiger partial charge on any atom is 0.268 e. The highest BCUT2D eigenvalue weighted by Crippen LogP contribution is 2.39. The molecule has 1 heterocycles. The van der Waals surface area contributed by atoms with Crippen molar-refractivity contribution in [1.82, 2.24) is 4.90 Å². The van der Waals surface area contributed by atoms with Gasteiger partial charge in [0.15, 0.2) is 0 Å². The summed E-state index contributed by atoms with van der Waals surface area (Å²) in [5.41, 5.74) is 1.09. The van der Waals surface area contributed by atoms with Gasteiger partial charge in [0.05, 0.1) is 10.5 Å². The molecule has 1 aliphatic heterocycles. The molecule has 0 N–H and O–H groups in total. The molecular weight excluding hydrogens is 342 g/mol. The average molecular weight is 356 g/mol. The molecule has 3 nitrogen and oxygen atoms in total. The topological polar surface area (TPSA) is 37.4 Å². The van der Waals surface area contributed by atoms with Crippen molar-refractivity contribution in [2.24, 2.45) is 0 Å². The fourth-order valence-electron chi connectivity index (χ4n) is 2.42. The van der Waals surface area contributed by atoms with Crippen molar-refractivity contribution in [3.05, 3.63) is 82.7 Å². The number of hydrogen-bond donors (Lipinski definition) is 0. The predicted octanol–water partition coefficient (Wildman–Crippen LogP) is 4.40. The smallest absolute Gasteiger partial charge is 0.268 e. The molecular formula is C19H14ClNO2S. The summed E-state index contributed by atoms with van der Waals surface area (Å²) < 4.78 is 0. The van der Waals surface area contributed by atoms with Crippen LogP contribution < -0.4 is 0 Å². The lowest BCUT2D eigenvalue weighted by molar-refractivity contribution is -0.135. The number of benzene rings is 2. The summed E-state index contributed by atoms with van der Waals surface area (Å²) in [7, 11) is 0. The summed E-state index contributed by atoms with van der Waals surface area (Å²) in [6.07, 6.45) is 1.55. The Labute approximate surface area is 149 Å². The molecule has 0 fully saturated rings. The summed E-state index contributed by atoms with van der Waals surface area (Å²) in [5.74, 6) is -0.598. The van der Waals surface area contributed by atoms with E-state index in [1.807, 2.05) is 30.3 Å². The Bertz CT molecular complexity index is 828. The Balaban J connectivity index is 2.08. The van der Waals surface area contributed by atoms with Crippen LogP contribution >= 0.6 is 23.4 Å². The SMILES string of the molecule is C=CCN1C(=O)C(Sc2ccccc2)=C(c2ccc(Cl)cc2)C1=O. The lowest BCUT2D eigenvalue weighted by Crippen LogP contribution is -2.31. The molecule has 0 bridgehead atoms. The number of halogens is 1. The minimum atomic E-state index is -0.305. The largest absolute Gasteiger partial charge is 0.270 e. The minimum Gasteiger partial charge on any atom is -0.270 e. The minimum absolute atomic E-state index is 0.188. The zero-order valence-corrected chi connectivity index (χ0v) is 14.3. The summed E-state index contributed by atoms with van der Waals surface area (Å²) in [6.45, 7) is 3.81. The van der Waals surface area contributed by atoms with Crippen molar-refractivity contribution in [3.63, 3.8) is 0 Å². The Morgan fingerprint density at radius 3 is 2.29 bits per heavy atom. The van der Waals surface area contributed by atoms with E-state index in [-0.39, 0.29) is 18.4 Å². The van der Waals surface area contributed by atoms with Gasteiger partial charge in [0, 0.05) is 16.5 Å². The van der Waals surface area contributed by atoms with E-state index in [9.17, 15) is 9.59 Å². The molecule has 3 rings (SSSR count). The standard InChI is InChI=1S/C19H14ClNO2S/c1-2-12-21-18(22)16(13-8-10-14(20)11-9-13)17(19(21)23)24-15-6-4-3-5-7-15/h2-11H,1,12H2. The fraction of sp³-hybridized carbons (Fsp3) is 0.0526. The van der Waals surface area contributed by atoms with Crippen molar-refractivity contribution in [3.8, 4) is 0 Å². The molecule has 2 aromatic carbocycles.